The Balaban J connectivity index is 2.18. The number of hydrogen-bond acceptors (Lipinski definition) is 3. The molecule has 0 bridgehead atoms. The second kappa shape index (κ2) is 9.29. The summed E-state index contributed by atoms with van der Waals surface area (Å²) in [5, 5.41) is 0.249. The molecule has 5 heteroatoms. The molecule has 0 heterocycles. The Morgan fingerprint density at radius 2 is 1.57 bits per heavy atom. The predicted octanol–water partition coefficient (Wildman–Crippen LogP) is 5.62. The third-order valence-corrected chi connectivity index (χ3v) is 4.35. The molecule has 0 amide bonds. The minimum absolute atomic E-state index is 0.118. The van der Waals surface area contributed by atoms with Crippen LogP contribution in [0.2, 0.25) is 5.02 Å². The van der Waals surface area contributed by atoms with Crippen molar-refractivity contribution in [3.05, 3.63) is 106 Å². The van der Waals surface area contributed by atoms with Crippen LogP contribution in [0.3, 0.4) is 0 Å². The highest BCUT2D eigenvalue weighted by molar-refractivity contribution is 6.30. The first kappa shape index (κ1) is 19.8. The highest BCUT2D eigenvalue weighted by Crippen LogP contribution is 2.27. The number of benzene rings is 3. The molecule has 1 atom stereocenters. The first-order chi connectivity index (χ1) is 13.6. The van der Waals surface area contributed by atoms with Crippen molar-refractivity contribution in [2.45, 2.75) is 13.0 Å². The molecule has 3 aromatic rings. The van der Waals surface area contributed by atoms with Crippen LogP contribution in [0.15, 0.2) is 83.9 Å². The molecule has 0 aliphatic carbocycles. The molecule has 0 saturated carbocycles. The van der Waals surface area contributed by atoms with Crippen LogP contribution in [0, 0.1) is 5.82 Å². The molecule has 0 spiro atoms. The Hall–Kier alpha value is -2.98. The van der Waals surface area contributed by atoms with Gasteiger partial charge in [-0.2, -0.15) is 0 Å². The van der Waals surface area contributed by atoms with Crippen molar-refractivity contribution in [1.29, 1.82) is 0 Å². The van der Waals surface area contributed by atoms with Crippen LogP contribution in [0.1, 0.15) is 29.7 Å². The third kappa shape index (κ3) is 4.65. The van der Waals surface area contributed by atoms with E-state index in [2.05, 4.69) is 4.99 Å². The molecule has 3 nitrogen and oxygen atoms in total. The summed E-state index contributed by atoms with van der Waals surface area (Å²) in [6.07, 6.45) is 0. The lowest BCUT2D eigenvalue weighted by Gasteiger charge is -2.16. The Kier molecular flexibility index (Phi) is 6.56. The van der Waals surface area contributed by atoms with Gasteiger partial charge in [-0.15, -0.1) is 0 Å². The standard InChI is InChI=1S/C23H19ClFNO2/c1-2-28-23(27)22(19-14-13-18(24)15-20(19)25)26-21(16-9-5-3-6-10-16)17-11-7-4-8-12-17/h3-15,22H,2H2,1H3. The Morgan fingerprint density at radius 3 is 2.07 bits per heavy atom. The number of aliphatic imine (C=N–C) groups is 1. The smallest absolute Gasteiger partial charge is 0.335 e. The molecule has 0 saturated heterocycles. The Bertz CT molecular complexity index is 933. The maximum Gasteiger partial charge on any atom is 0.335 e. The molecule has 3 aromatic carbocycles. The Labute approximate surface area is 168 Å². The van der Waals surface area contributed by atoms with Gasteiger partial charge >= 0.3 is 5.97 Å². The van der Waals surface area contributed by atoms with Crippen molar-refractivity contribution in [3.8, 4) is 0 Å². The average molecular weight is 396 g/mol. The number of carbonyl (C=O) groups excluding carboxylic acids is 1. The minimum Gasteiger partial charge on any atom is -0.464 e. The zero-order valence-electron chi connectivity index (χ0n) is 15.3. The van der Waals surface area contributed by atoms with E-state index in [1.54, 1.807) is 6.92 Å². The molecule has 1 unspecified atom stereocenters. The summed E-state index contributed by atoms with van der Waals surface area (Å²) in [5.74, 6) is -1.22. The SMILES string of the molecule is CCOC(=O)C(N=C(c1ccccc1)c1ccccc1)c1ccc(Cl)cc1F. The van der Waals surface area contributed by atoms with E-state index in [-0.39, 0.29) is 17.2 Å². The van der Waals surface area contributed by atoms with Gasteiger partial charge in [0, 0.05) is 21.7 Å². The van der Waals surface area contributed by atoms with Gasteiger partial charge in [0.1, 0.15) is 5.82 Å². The van der Waals surface area contributed by atoms with Gasteiger partial charge in [-0.25, -0.2) is 9.18 Å². The van der Waals surface area contributed by atoms with Crippen molar-refractivity contribution in [2.24, 2.45) is 4.99 Å². The highest BCUT2D eigenvalue weighted by Gasteiger charge is 2.26. The first-order valence-corrected chi connectivity index (χ1v) is 9.28. The van der Waals surface area contributed by atoms with Crippen LogP contribution >= 0.6 is 11.6 Å². The van der Waals surface area contributed by atoms with E-state index in [0.717, 1.165) is 11.1 Å². The van der Waals surface area contributed by atoms with Crippen LogP contribution in [0.25, 0.3) is 0 Å². The van der Waals surface area contributed by atoms with Gasteiger partial charge < -0.3 is 4.74 Å². The van der Waals surface area contributed by atoms with E-state index >= 15 is 0 Å². The van der Waals surface area contributed by atoms with Crippen LogP contribution in [-0.2, 0) is 9.53 Å². The molecular weight excluding hydrogens is 377 g/mol. The van der Waals surface area contributed by atoms with Crippen molar-refractivity contribution in [3.63, 3.8) is 0 Å². The van der Waals surface area contributed by atoms with E-state index in [1.165, 1.54) is 18.2 Å². The van der Waals surface area contributed by atoms with Gasteiger partial charge in [0.2, 0.25) is 0 Å². The molecule has 28 heavy (non-hydrogen) atoms. The molecule has 0 N–H and O–H groups in total. The summed E-state index contributed by atoms with van der Waals surface area (Å²) < 4.78 is 19.8. The summed E-state index contributed by atoms with van der Waals surface area (Å²) in [6, 6.07) is 21.9. The summed E-state index contributed by atoms with van der Waals surface area (Å²) in [6.45, 7) is 1.87. The molecular formula is C23H19ClFNO2. The number of esters is 1. The maximum atomic E-state index is 14.6. The van der Waals surface area contributed by atoms with Crippen molar-refractivity contribution in [1.82, 2.24) is 0 Å². The topological polar surface area (TPSA) is 38.7 Å². The number of nitrogens with zero attached hydrogens (tertiary/aromatic N) is 1. The molecule has 3 rings (SSSR count). The lowest BCUT2D eigenvalue weighted by atomic mass is 10.0. The highest BCUT2D eigenvalue weighted by atomic mass is 35.5. The fourth-order valence-electron chi connectivity index (χ4n) is 2.83. The summed E-state index contributed by atoms with van der Waals surface area (Å²) in [7, 11) is 0. The fourth-order valence-corrected chi connectivity index (χ4v) is 2.99. The van der Waals surface area contributed by atoms with Gasteiger partial charge in [0.15, 0.2) is 6.04 Å². The quantitative estimate of drug-likeness (QED) is 0.401. The van der Waals surface area contributed by atoms with E-state index in [0.29, 0.717) is 5.71 Å². The fraction of sp³-hybridized carbons (Fsp3) is 0.130. The predicted molar refractivity (Wildman–Crippen MR) is 109 cm³/mol. The summed E-state index contributed by atoms with van der Waals surface area (Å²) >= 11 is 5.87. The zero-order valence-corrected chi connectivity index (χ0v) is 16.1. The van der Waals surface area contributed by atoms with Crippen LogP contribution in [-0.4, -0.2) is 18.3 Å². The first-order valence-electron chi connectivity index (χ1n) is 8.90. The average Bonchev–Trinajstić information content (AvgIpc) is 2.71. The van der Waals surface area contributed by atoms with Gasteiger partial charge in [-0.3, -0.25) is 4.99 Å². The zero-order chi connectivity index (χ0) is 19.9. The van der Waals surface area contributed by atoms with Crippen molar-refractivity contribution >= 4 is 23.3 Å². The molecule has 142 valence electrons. The normalized spacial score (nSPS) is 11.5. The van der Waals surface area contributed by atoms with Crippen LogP contribution in [0.4, 0.5) is 4.39 Å². The van der Waals surface area contributed by atoms with Crippen molar-refractivity contribution in [2.75, 3.05) is 6.61 Å². The number of carbonyl (C=O) groups is 1. The van der Waals surface area contributed by atoms with Gasteiger partial charge in [0.05, 0.1) is 12.3 Å². The molecule has 0 aliphatic heterocycles. The van der Waals surface area contributed by atoms with Crippen molar-refractivity contribution < 1.29 is 13.9 Å². The lowest BCUT2D eigenvalue weighted by molar-refractivity contribution is -0.144. The Morgan fingerprint density at radius 1 is 1.00 bits per heavy atom. The van der Waals surface area contributed by atoms with E-state index in [9.17, 15) is 9.18 Å². The third-order valence-electron chi connectivity index (χ3n) is 4.12. The molecule has 0 aliphatic rings. The molecule has 0 radical (unpaired) electrons. The number of halogens is 2. The minimum atomic E-state index is -1.15. The lowest BCUT2D eigenvalue weighted by Crippen LogP contribution is -2.18. The number of ether oxygens (including phenoxy) is 1. The van der Waals surface area contributed by atoms with Gasteiger partial charge in [0.25, 0.3) is 0 Å². The van der Waals surface area contributed by atoms with Gasteiger partial charge in [-0.05, 0) is 19.1 Å². The van der Waals surface area contributed by atoms with E-state index in [1.807, 2.05) is 60.7 Å². The molecule has 0 fully saturated rings. The van der Waals surface area contributed by atoms with E-state index < -0.39 is 17.8 Å². The monoisotopic (exact) mass is 395 g/mol. The summed E-state index contributed by atoms with van der Waals surface area (Å²) in [4.78, 5) is 17.3. The van der Waals surface area contributed by atoms with Crippen LogP contribution in [0.5, 0.6) is 0 Å². The second-order valence-electron chi connectivity index (χ2n) is 6.03. The second-order valence-corrected chi connectivity index (χ2v) is 6.47. The van der Waals surface area contributed by atoms with Gasteiger partial charge in [-0.1, -0.05) is 78.3 Å². The van der Waals surface area contributed by atoms with E-state index in [4.69, 9.17) is 16.3 Å². The maximum absolute atomic E-state index is 14.6. The number of rotatable bonds is 6. The summed E-state index contributed by atoms with van der Waals surface area (Å²) in [5.41, 5.74) is 2.33. The van der Waals surface area contributed by atoms with Crippen LogP contribution < -0.4 is 0 Å². The molecule has 0 aromatic heterocycles. The number of hydrogen-bond donors (Lipinski definition) is 0. The largest absolute Gasteiger partial charge is 0.464 e.